The molecule has 1 amide bonds. The number of carbonyl (C=O) groups excluding carboxylic acids is 1. The maximum atomic E-state index is 13.0. The number of para-hydroxylation sites is 1. The highest BCUT2D eigenvalue weighted by molar-refractivity contribution is 7.99. The Balaban J connectivity index is 1.65. The second kappa shape index (κ2) is 10.9. The number of ether oxygens (including phenoxy) is 1. The number of nitriles is 1. The van der Waals surface area contributed by atoms with Gasteiger partial charge in [-0.1, -0.05) is 41.6 Å². The van der Waals surface area contributed by atoms with Crippen LogP contribution in [0.4, 0.5) is 5.69 Å². The van der Waals surface area contributed by atoms with Crippen LogP contribution in [0, 0.1) is 11.3 Å². The van der Waals surface area contributed by atoms with Crippen LogP contribution < -0.4 is 9.64 Å². The molecular formula is C25H20ClN5O2S. The molecule has 0 atom stereocenters. The monoisotopic (exact) mass is 489 g/mol. The van der Waals surface area contributed by atoms with E-state index in [1.54, 1.807) is 31.4 Å². The van der Waals surface area contributed by atoms with E-state index in [2.05, 4.69) is 16.3 Å². The number of rotatable bonds is 8. The number of nitrogens with zero attached hydrogens (tertiary/aromatic N) is 5. The molecule has 0 unspecified atom stereocenters. The van der Waals surface area contributed by atoms with Crippen LogP contribution in [0.25, 0.3) is 17.1 Å². The summed E-state index contributed by atoms with van der Waals surface area (Å²) < 4.78 is 7.16. The van der Waals surface area contributed by atoms with Crippen LogP contribution in [-0.4, -0.2) is 40.1 Å². The highest BCUT2D eigenvalue weighted by Crippen LogP contribution is 2.30. The van der Waals surface area contributed by atoms with Crippen molar-refractivity contribution in [2.75, 3.05) is 24.3 Å². The van der Waals surface area contributed by atoms with Gasteiger partial charge in [-0.2, -0.15) is 5.26 Å². The lowest BCUT2D eigenvalue weighted by atomic mass is 10.2. The fourth-order valence-corrected chi connectivity index (χ4v) is 4.27. The predicted octanol–water partition coefficient (Wildman–Crippen LogP) is 5.25. The molecule has 170 valence electrons. The van der Waals surface area contributed by atoms with E-state index in [4.69, 9.17) is 16.3 Å². The average Bonchev–Trinajstić information content (AvgIpc) is 3.30. The molecule has 4 rings (SSSR count). The van der Waals surface area contributed by atoms with Crippen molar-refractivity contribution in [1.29, 1.82) is 5.26 Å². The number of hydrogen-bond acceptors (Lipinski definition) is 6. The molecule has 7 nitrogen and oxygen atoms in total. The lowest BCUT2D eigenvalue weighted by Crippen LogP contribution is -2.32. The molecule has 1 aromatic heterocycles. The molecule has 0 fully saturated rings. The first-order chi connectivity index (χ1) is 16.6. The Labute approximate surface area is 206 Å². The third-order valence-corrected chi connectivity index (χ3v) is 6.15. The number of aromatic nitrogens is 3. The highest BCUT2D eigenvalue weighted by atomic mass is 35.5. The Bertz CT molecular complexity index is 1300. The Morgan fingerprint density at radius 2 is 1.76 bits per heavy atom. The van der Waals surface area contributed by atoms with E-state index in [0.29, 0.717) is 21.7 Å². The van der Waals surface area contributed by atoms with Crippen LogP contribution in [-0.2, 0) is 4.79 Å². The summed E-state index contributed by atoms with van der Waals surface area (Å²) in [6, 6.07) is 26.0. The van der Waals surface area contributed by atoms with E-state index in [9.17, 15) is 10.1 Å². The van der Waals surface area contributed by atoms with Crippen molar-refractivity contribution in [3.63, 3.8) is 0 Å². The Kier molecular flexibility index (Phi) is 7.48. The minimum absolute atomic E-state index is 0.0371. The van der Waals surface area contributed by atoms with E-state index in [1.807, 2.05) is 59.2 Å². The summed E-state index contributed by atoms with van der Waals surface area (Å²) >= 11 is 7.32. The van der Waals surface area contributed by atoms with Crippen molar-refractivity contribution in [2.24, 2.45) is 0 Å². The highest BCUT2D eigenvalue weighted by Gasteiger charge is 2.20. The van der Waals surface area contributed by atoms with Crippen LogP contribution in [0.5, 0.6) is 5.75 Å². The third-order valence-electron chi connectivity index (χ3n) is 4.99. The summed E-state index contributed by atoms with van der Waals surface area (Å²) in [7, 11) is 1.61. The molecule has 0 N–H and O–H groups in total. The number of halogens is 1. The Morgan fingerprint density at radius 1 is 1.06 bits per heavy atom. The number of benzene rings is 3. The quantitative estimate of drug-likeness (QED) is 0.248. The summed E-state index contributed by atoms with van der Waals surface area (Å²) in [6.45, 7) is -0.0371. The van der Waals surface area contributed by atoms with Crippen molar-refractivity contribution in [3.05, 3.63) is 83.9 Å². The van der Waals surface area contributed by atoms with E-state index in [-0.39, 0.29) is 18.2 Å². The van der Waals surface area contributed by atoms with Crippen molar-refractivity contribution >= 4 is 35.0 Å². The van der Waals surface area contributed by atoms with Gasteiger partial charge in [0.2, 0.25) is 5.91 Å². The summed E-state index contributed by atoms with van der Waals surface area (Å²) in [5.74, 6) is 1.24. The fourth-order valence-electron chi connectivity index (χ4n) is 3.32. The Morgan fingerprint density at radius 3 is 2.41 bits per heavy atom. The van der Waals surface area contributed by atoms with Gasteiger partial charge in [0.15, 0.2) is 11.0 Å². The average molecular weight is 490 g/mol. The normalized spacial score (nSPS) is 10.5. The number of anilines is 1. The lowest BCUT2D eigenvalue weighted by Gasteiger charge is -2.19. The summed E-state index contributed by atoms with van der Waals surface area (Å²) in [5, 5.41) is 19.1. The smallest absolute Gasteiger partial charge is 0.238 e. The van der Waals surface area contributed by atoms with Gasteiger partial charge >= 0.3 is 0 Å². The largest absolute Gasteiger partial charge is 0.497 e. The van der Waals surface area contributed by atoms with Crippen molar-refractivity contribution in [3.8, 4) is 28.9 Å². The number of methoxy groups -OCH3 is 1. The molecule has 0 radical (unpaired) electrons. The molecule has 0 aliphatic carbocycles. The van der Waals surface area contributed by atoms with Gasteiger partial charge in [0.05, 0.1) is 18.9 Å². The van der Waals surface area contributed by atoms with Crippen LogP contribution in [0.1, 0.15) is 0 Å². The van der Waals surface area contributed by atoms with E-state index < -0.39 is 0 Å². The standard InChI is InChI=1S/C25H20ClN5O2S/c1-33-22-13-11-21(12-14-22)31-24(18-7-9-19(26)10-8-18)28-29-25(31)34-17-23(32)30(16-15-27)20-5-3-2-4-6-20/h2-14H,16-17H2,1H3. The van der Waals surface area contributed by atoms with Crippen LogP contribution in [0.3, 0.4) is 0 Å². The van der Waals surface area contributed by atoms with Crippen LogP contribution >= 0.6 is 23.4 Å². The molecule has 0 aliphatic rings. The number of carbonyl (C=O) groups is 1. The lowest BCUT2D eigenvalue weighted by molar-refractivity contribution is -0.116. The molecule has 4 aromatic rings. The molecule has 0 saturated carbocycles. The zero-order valence-corrected chi connectivity index (χ0v) is 19.8. The van der Waals surface area contributed by atoms with Gasteiger partial charge in [0.1, 0.15) is 12.3 Å². The number of thioether (sulfide) groups is 1. The molecule has 0 bridgehead atoms. The summed E-state index contributed by atoms with van der Waals surface area (Å²) in [4.78, 5) is 14.5. The number of hydrogen-bond donors (Lipinski definition) is 0. The van der Waals surface area contributed by atoms with Gasteiger partial charge in [-0.15, -0.1) is 10.2 Å². The fraction of sp³-hybridized carbons (Fsp3) is 0.120. The van der Waals surface area contributed by atoms with Crippen molar-refractivity contribution in [1.82, 2.24) is 14.8 Å². The van der Waals surface area contributed by atoms with E-state index in [1.165, 1.54) is 16.7 Å². The van der Waals surface area contributed by atoms with Gasteiger partial charge in [-0.25, -0.2) is 0 Å². The van der Waals surface area contributed by atoms with Crippen molar-refractivity contribution < 1.29 is 9.53 Å². The second-order valence-corrected chi connectivity index (χ2v) is 8.49. The minimum Gasteiger partial charge on any atom is -0.497 e. The van der Waals surface area contributed by atoms with Gasteiger partial charge in [-0.3, -0.25) is 14.3 Å². The van der Waals surface area contributed by atoms with Crippen LogP contribution in [0.2, 0.25) is 5.02 Å². The molecule has 34 heavy (non-hydrogen) atoms. The van der Waals surface area contributed by atoms with Gasteiger partial charge in [-0.05, 0) is 60.7 Å². The zero-order chi connectivity index (χ0) is 23.9. The van der Waals surface area contributed by atoms with Gasteiger partial charge in [0, 0.05) is 22.0 Å². The molecule has 1 heterocycles. The first-order valence-electron chi connectivity index (χ1n) is 10.3. The summed E-state index contributed by atoms with van der Waals surface area (Å²) in [6.07, 6.45) is 0. The van der Waals surface area contributed by atoms with E-state index in [0.717, 1.165) is 17.0 Å². The van der Waals surface area contributed by atoms with Crippen LogP contribution in [0.15, 0.2) is 84.0 Å². The maximum absolute atomic E-state index is 13.0. The maximum Gasteiger partial charge on any atom is 0.238 e. The van der Waals surface area contributed by atoms with Gasteiger partial charge < -0.3 is 4.74 Å². The SMILES string of the molecule is COc1ccc(-n2c(SCC(=O)N(CC#N)c3ccccc3)nnc2-c2ccc(Cl)cc2)cc1. The molecule has 9 heteroatoms. The number of amides is 1. The zero-order valence-electron chi connectivity index (χ0n) is 18.3. The molecule has 3 aromatic carbocycles. The predicted molar refractivity (Wildman–Crippen MR) is 133 cm³/mol. The van der Waals surface area contributed by atoms with Gasteiger partial charge in [0.25, 0.3) is 0 Å². The minimum atomic E-state index is -0.199. The topological polar surface area (TPSA) is 84.0 Å². The molecular weight excluding hydrogens is 470 g/mol. The third kappa shape index (κ3) is 5.22. The Hall–Kier alpha value is -3.80. The first kappa shape index (κ1) is 23.4. The molecule has 0 spiro atoms. The van der Waals surface area contributed by atoms with Crippen molar-refractivity contribution in [2.45, 2.75) is 5.16 Å². The first-order valence-corrected chi connectivity index (χ1v) is 11.7. The van der Waals surface area contributed by atoms with E-state index >= 15 is 0 Å². The second-order valence-electron chi connectivity index (χ2n) is 7.11. The molecule has 0 aliphatic heterocycles. The molecule has 0 saturated heterocycles. The summed E-state index contributed by atoms with van der Waals surface area (Å²) in [5.41, 5.74) is 2.33.